The number of guanidine groups is 1. The van der Waals surface area contributed by atoms with Crippen LogP contribution in [0.25, 0.3) is 0 Å². The fourth-order valence-corrected chi connectivity index (χ4v) is 5.81. The van der Waals surface area contributed by atoms with Crippen molar-refractivity contribution in [2.75, 3.05) is 26.0 Å². The lowest BCUT2D eigenvalue weighted by atomic mass is 9.98. The van der Waals surface area contributed by atoms with Crippen molar-refractivity contribution in [3.8, 4) is 0 Å². The van der Waals surface area contributed by atoms with Crippen LogP contribution in [0.1, 0.15) is 24.2 Å². The van der Waals surface area contributed by atoms with Gasteiger partial charge in [0, 0.05) is 19.4 Å². The number of carbonyl (C=O) groups is 2. The number of fused-ring (bicyclic) bond motifs is 1. The van der Waals surface area contributed by atoms with Crippen LogP contribution in [0.5, 0.6) is 0 Å². The number of carbonyl (C=O) groups excluding carboxylic acids is 2. The first-order valence-corrected chi connectivity index (χ1v) is 12.2. The topological polar surface area (TPSA) is 92.3 Å². The van der Waals surface area contributed by atoms with E-state index in [0.29, 0.717) is 24.8 Å². The summed E-state index contributed by atoms with van der Waals surface area (Å²) in [6.45, 7) is 3.19. The number of nitrogens with one attached hydrogen (secondary N) is 2. The van der Waals surface area contributed by atoms with Gasteiger partial charge >= 0.3 is 5.97 Å². The number of hydrogen-bond acceptors (Lipinski definition) is 8. The van der Waals surface area contributed by atoms with Crippen LogP contribution < -0.4 is 10.6 Å². The summed E-state index contributed by atoms with van der Waals surface area (Å²) in [6, 6.07) is 19.2. The Morgan fingerprint density at radius 1 is 1.18 bits per heavy atom. The van der Waals surface area contributed by atoms with Crippen molar-refractivity contribution in [1.29, 1.82) is 0 Å². The largest absolute Gasteiger partial charge is 0.448 e. The molecule has 34 heavy (non-hydrogen) atoms. The van der Waals surface area contributed by atoms with E-state index < -0.39 is 23.2 Å². The number of amides is 1. The molecule has 3 aliphatic rings. The molecule has 176 valence electrons. The Morgan fingerprint density at radius 3 is 2.38 bits per heavy atom. The van der Waals surface area contributed by atoms with E-state index in [0.717, 1.165) is 16.7 Å². The highest BCUT2D eigenvalue weighted by molar-refractivity contribution is 8.00. The molecule has 2 N–H and O–H groups in total. The summed E-state index contributed by atoms with van der Waals surface area (Å²) in [4.78, 5) is 32.8. The summed E-state index contributed by atoms with van der Waals surface area (Å²) in [7, 11) is 1.49. The molecule has 0 aromatic heterocycles. The van der Waals surface area contributed by atoms with Crippen molar-refractivity contribution < 1.29 is 19.1 Å². The average molecular weight is 479 g/mol. The van der Waals surface area contributed by atoms with Crippen LogP contribution in [0.4, 0.5) is 0 Å². The van der Waals surface area contributed by atoms with Crippen molar-refractivity contribution in [2.45, 2.75) is 24.1 Å². The van der Waals surface area contributed by atoms with E-state index in [1.807, 2.05) is 67.6 Å². The Labute approximate surface area is 202 Å². The lowest BCUT2D eigenvalue weighted by Gasteiger charge is -2.56. The van der Waals surface area contributed by atoms with Crippen molar-refractivity contribution >= 4 is 29.6 Å². The van der Waals surface area contributed by atoms with Gasteiger partial charge in [0.1, 0.15) is 11.1 Å². The van der Waals surface area contributed by atoms with Crippen LogP contribution in [0.2, 0.25) is 0 Å². The molecule has 3 aliphatic heterocycles. The second-order valence-electron chi connectivity index (χ2n) is 8.30. The third kappa shape index (κ3) is 3.74. The summed E-state index contributed by atoms with van der Waals surface area (Å²) in [5, 5.41) is 5.81. The van der Waals surface area contributed by atoms with E-state index in [1.165, 1.54) is 12.0 Å². The lowest BCUT2D eigenvalue weighted by molar-refractivity contribution is -0.188. The molecular weight excluding hydrogens is 452 g/mol. The Balaban J connectivity index is 1.42. The first kappa shape index (κ1) is 22.5. The molecule has 2 atom stereocenters. The maximum Gasteiger partial charge on any atom is 0.356 e. The Kier molecular flexibility index (Phi) is 6.05. The third-order valence-electron chi connectivity index (χ3n) is 6.14. The van der Waals surface area contributed by atoms with Gasteiger partial charge in [-0.15, -0.1) is 11.8 Å². The number of nitrogens with zero attached hydrogens (tertiary/aromatic N) is 2. The normalized spacial score (nSPS) is 23.7. The summed E-state index contributed by atoms with van der Waals surface area (Å²) in [5.74, 6) is 0.229. The van der Waals surface area contributed by atoms with Crippen LogP contribution in [0.3, 0.4) is 0 Å². The molecule has 1 fully saturated rings. The fraction of sp³-hybridized carbons (Fsp3) is 0.320. The van der Waals surface area contributed by atoms with Gasteiger partial charge in [0.25, 0.3) is 11.6 Å². The van der Waals surface area contributed by atoms with Gasteiger partial charge in [-0.2, -0.15) is 0 Å². The van der Waals surface area contributed by atoms with Crippen LogP contribution in [-0.4, -0.2) is 59.8 Å². The molecule has 0 spiro atoms. The van der Waals surface area contributed by atoms with Crippen LogP contribution in [0.15, 0.2) is 76.9 Å². The molecule has 2 aromatic rings. The van der Waals surface area contributed by atoms with Crippen molar-refractivity contribution in [1.82, 2.24) is 15.5 Å². The van der Waals surface area contributed by atoms with Gasteiger partial charge < -0.3 is 20.1 Å². The predicted molar refractivity (Wildman–Crippen MR) is 130 cm³/mol. The van der Waals surface area contributed by atoms with Gasteiger partial charge in [0.15, 0.2) is 12.1 Å². The van der Waals surface area contributed by atoms with Gasteiger partial charge in [-0.1, -0.05) is 60.7 Å². The predicted octanol–water partition coefficient (Wildman–Crippen LogP) is 2.40. The van der Waals surface area contributed by atoms with E-state index >= 15 is 0 Å². The molecule has 3 heterocycles. The molecule has 2 aromatic carbocycles. The zero-order valence-electron chi connectivity index (χ0n) is 19.0. The van der Waals surface area contributed by atoms with Gasteiger partial charge in [-0.3, -0.25) is 14.7 Å². The van der Waals surface area contributed by atoms with Gasteiger partial charge in [-0.05, 0) is 23.6 Å². The molecular formula is C25H26N4O4S. The van der Waals surface area contributed by atoms with Gasteiger partial charge in [0.05, 0.1) is 6.54 Å². The molecule has 0 radical (unpaired) electrons. The lowest BCUT2D eigenvalue weighted by Crippen LogP contribution is -2.81. The minimum Gasteiger partial charge on any atom is -0.448 e. The van der Waals surface area contributed by atoms with Gasteiger partial charge in [0.2, 0.25) is 0 Å². The number of rotatable bonds is 6. The minimum absolute atomic E-state index is 0.279. The zero-order chi connectivity index (χ0) is 23.7. The molecule has 8 nitrogen and oxygen atoms in total. The summed E-state index contributed by atoms with van der Waals surface area (Å²) in [6.07, 6.45) is -0.595. The number of aliphatic imine (C=N–C) groups is 1. The zero-order valence-corrected chi connectivity index (χ0v) is 19.8. The minimum atomic E-state index is -1.29. The smallest absolute Gasteiger partial charge is 0.356 e. The van der Waals surface area contributed by atoms with E-state index in [9.17, 15) is 9.59 Å². The molecule has 0 bridgehead atoms. The van der Waals surface area contributed by atoms with Crippen molar-refractivity contribution in [2.24, 2.45) is 4.99 Å². The third-order valence-corrected chi connectivity index (χ3v) is 7.60. The maximum atomic E-state index is 13.6. The summed E-state index contributed by atoms with van der Waals surface area (Å²) in [5.41, 5.74) is 1.50. The van der Waals surface area contributed by atoms with Crippen LogP contribution >= 0.6 is 11.8 Å². The molecule has 1 unspecified atom stereocenters. The highest BCUT2D eigenvalue weighted by atomic mass is 32.2. The highest BCUT2D eigenvalue weighted by Gasteiger charge is 2.66. The van der Waals surface area contributed by atoms with E-state index in [1.54, 1.807) is 11.8 Å². The molecule has 1 saturated heterocycles. The molecule has 9 heteroatoms. The summed E-state index contributed by atoms with van der Waals surface area (Å²) < 4.78 is 11.8. The van der Waals surface area contributed by atoms with E-state index in [4.69, 9.17) is 9.47 Å². The fourth-order valence-electron chi connectivity index (χ4n) is 4.43. The summed E-state index contributed by atoms with van der Waals surface area (Å²) >= 11 is 1.54. The van der Waals surface area contributed by atoms with Crippen molar-refractivity contribution in [3.63, 3.8) is 0 Å². The van der Waals surface area contributed by atoms with Crippen molar-refractivity contribution in [3.05, 3.63) is 83.1 Å². The second-order valence-corrected chi connectivity index (χ2v) is 9.36. The Hall–Kier alpha value is -3.30. The highest BCUT2D eigenvalue weighted by Crippen LogP contribution is 2.47. The molecule has 0 saturated carbocycles. The Bertz CT molecular complexity index is 1110. The first-order chi connectivity index (χ1) is 16.5. The second kappa shape index (κ2) is 9.15. The quantitative estimate of drug-likeness (QED) is 0.374. The number of hydrogen-bond donors (Lipinski definition) is 2. The Morgan fingerprint density at radius 2 is 1.82 bits per heavy atom. The average Bonchev–Trinajstić information content (AvgIpc) is 3.39. The van der Waals surface area contributed by atoms with Crippen LogP contribution in [0, 0.1) is 0 Å². The van der Waals surface area contributed by atoms with E-state index in [-0.39, 0.29) is 11.6 Å². The molecule has 0 aliphatic carbocycles. The standard InChI is InChI=1S/C25H26N4O4S/c1-16-15-34-23-25(32-2,28-24-26-13-14-27-24)22(31)29(23)19(16)21(30)33-20(17-9-5-3-6-10-17)18-11-7-4-8-12-18/h3-12,20,23H,13-15H2,1-2H3,(H2,26,27,28)/t23?,25-/m0/s1. The molecule has 5 rings (SSSR count). The number of ether oxygens (including phenoxy) is 2. The van der Waals surface area contributed by atoms with E-state index in [2.05, 4.69) is 15.6 Å². The first-order valence-electron chi connectivity index (χ1n) is 11.1. The molecule has 1 amide bonds. The maximum absolute atomic E-state index is 13.6. The number of thioether (sulfide) groups is 1. The number of esters is 1. The van der Waals surface area contributed by atoms with Crippen LogP contribution in [-0.2, 0) is 19.1 Å². The monoisotopic (exact) mass is 478 g/mol. The number of benzene rings is 2. The van der Waals surface area contributed by atoms with Gasteiger partial charge in [-0.25, -0.2) is 4.79 Å². The SMILES string of the molecule is CO[C@@]1(NC2=NCCN2)C(=O)N2C(C(=O)OC(c3ccccc3)c3ccccc3)=C(C)CSC21. The number of β-lactam (4-membered cyclic amide) rings is 1. The number of methoxy groups -OCH3 is 1.